The smallest absolute Gasteiger partial charge is 0.138 e. The maximum atomic E-state index is 12.7. The summed E-state index contributed by atoms with van der Waals surface area (Å²) in [4.78, 5) is 24.6. The molecule has 0 aromatic rings. The molecule has 29 heavy (non-hydrogen) atoms. The maximum absolute atomic E-state index is 12.7. The van der Waals surface area contributed by atoms with E-state index in [0.29, 0.717) is 35.7 Å². The Bertz CT molecular complexity index is 814. The fraction of sp³-hybridized carbons (Fsp3) is 0.778. The van der Waals surface area contributed by atoms with E-state index < -0.39 is 0 Å². The third-order valence-electron chi connectivity index (χ3n) is 10.3. The lowest BCUT2D eigenvalue weighted by Gasteiger charge is -2.59. The average Bonchev–Trinajstić information content (AvgIpc) is 2.91. The van der Waals surface area contributed by atoms with Crippen molar-refractivity contribution in [1.82, 2.24) is 0 Å². The van der Waals surface area contributed by atoms with Crippen LogP contribution < -0.4 is 0 Å². The van der Waals surface area contributed by atoms with Gasteiger partial charge in [-0.2, -0.15) is 0 Å². The van der Waals surface area contributed by atoms with Crippen LogP contribution in [0.5, 0.6) is 0 Å². The molecule has 2 saturated carbocycles. The first-order valence-corrected chi connectivity index (χ1v) is 11.8. The molecule has 0 heterocycles. The van der Waals surface area contributed by atoms with E-state index in [0.717, 1.165) is 25.7 Å². The molecule has 2 nitrogen and oxygen atoms in total. The zero-order valence-electron chi connectivity index (χ0n) is 19.7. The Morgan fingerprint density at radius 1 is 1.07 bits per heavy atom. The van der Waals surface area contributed by atoms with Crippen LogP contribution in [0, 0.1) is 39.4 Å². The second-order valence-electron chi connectivity index (χ2n) is 12.1. The highest BCUT2D eigenvalue weighted by atomic mass is 16.1. The predicted octanol–water partition coefficient (Wildman–Crippen LogP) is 6.70. The van der Waals surface area contributed by atoms with E-state index in [1.54, 1.807) is 18.1 Å². The summed E-state index contributed by atoms with van der Waals surface area (Å²) in [6.45, 7) is 15.8. The van der Waals surface area contributed by atoms with Crippen LogP contribution in [-0.2, 0) is 9.59 Å². The van der Waals surface area contributed by atoms with Crippen molar-refractivity contribution in [1.29, 1.82) is 0 Å². The van der Waals surface area contributed by atoms with Crippen molar-refractivity contribution in [3.63, 3.8) is 0 Å². The fourth-order valence-corrected chi connectivity index (χ4v) is 8.20. The molecule has 2 fully saturated rings. The van der Waals surface area contributed by atoms with Gasteiger partial charge in [0.2, 0.25) is 0 Å². The van der Waals surface area contributed by atoms with E-state index in [9.17, 15) is 9.59 Å². The number of hydrogen-bond acceptors (Lipinski definition) is 2. The highest BCUT2D eigenvalue weighted by Gasteiger charge is 2.61. The van der Waals surface area contributed by atoms with Crippen molar-refractivity contribution >= 4 is 11.6 Å². The Balaban J connectivity index is 1.74. The Kier molecular flexibility index (Phi) is 4.66. The molecule has 2 heteroatoms. The zero-order valence-corrected chi connectivity index (χ0v) is 19.7. The minimum atomic E-state index is -0.208. The minimum absolute atomic E-state index is 0.131. The second kappa shape index (κ2) is 6.41. The molecule has 0 amide bonds. The fourth-order valence-electron chi connectivity index (χ4n) is 8.20. The third kappa shape index (κ3) is 2.73. The van der Waals surface area contributed by atoms with Crippen molar-refractivity contribution in [2.75, 3.05) is 0 Å². The topological polar surface area (TPSA) is 34.1 Å². The van der Waals surface area contributed by atoms with Crippen LogP contribution in [0.4, 0.5) is 0 Å². The summed E-state index contributed by atoms with van der Waals surface area (Å²) >= 11 is 0. The molecule has 0 N–H and O–H groups in total. The van der Waals surface area contributed by atoms with Gasteiger partial charge in [-0.3, -0.25) is 4.79 Å². The number of carbonyl (C=O) groups excluding carboxylic acids is 2. The Morgan fingerprint density at radius 3 is 2.41 bits per heavy atom. The number of fused-ring (bicyclic) bond motifs is 5. The minimum Gasteiger partial charge on any atom is -0.300 e. The largest absolute Gasteiger partial charge is 0.300 e. The molecular weight excluding hydrogens is 356 g/mol. The summed E-state index contributed by atoms with van der Waals surface area (Å²) in [7, 11) is 0. The number of hydrogen-bond donors (Lipinski definition) is 0. The standard InChI is InChI=1S/C27H40O2/c1-17(16-18(2)28)25(5)14-15-27(7)20-8-10-21-24(3,4)23(29)12-13-26(21,6)19(20)9-11-22(25)27/h8,11,17,19,21H,9-10,12-16H2,1-7H3/t17-,19-,21-,25+,26-,27+/m1/s1. The van der Waals surface area contributed by atoms with Crippen LogP contribution in [0.3, 0.4) is 0 Å². The molecule has 0 unspecified atom stereocenters. The molecule has 6 atom stereocenters. The summed E-state index contributed by atoms with van der Waals surface area (Å²) in [6, 6.07) is 0. The molecule has 0 bridgehead atoms. The van der Waals surface area contributed by atoms with Crippen LogP contribution in [0.1, 0.15) is 93.4 Å². The van der Waals surface area contributed by atoms with Crippen LogP contribution in [0.2, 0.25) is 0 Å². The van der Waals surface area contributed by atoms with Gasteiger partial charge in [-0.15, -0.1) is 0 Å². The summed E-state index contributed by atoms with van der Waals surface area (Å²) in [5.74, 6) is 2.17. The van der Waals surface area contributed by atoms with E-state index in [4.69, 9.17) is 0 Å². The molecule has 0 spiro atoms. The first kappa shape index (κ1) is 21.1. The average molecular weight is 397 g/mol. The van der Waals surface area contributed by atoms with Gasteiger partial charge in [-0.1, -0.05) is 64.8 Å². The van der Waals surface area contributed by atoms with E-state index in [2.05, 4.69) is 53.7 Å². The summed E-state index contributed by atoms with van der Waals surface area (Å²) in [6.07, 6.45) is 12.1. The van der Waals surface area contributed by atoms with Crippen molar-refractivity contribution in [3.8, 4) is 0 Å². The number of rotatable bonds is 3. The van der Waals surface area contributed by atoms with Gasteiger partial charge in [0.25, 0.3) is 0 Å². The lowest BCUT2D eigenvalue weighted by Crippen LogP contribution is -2.54. The lowest BCUT2D eigenvalue weighted by atomic mass is 9.44. The van der Waals surface area contributed by atoms with Crippen LogP contribution >= 0.6 is 0 Å². The van der Waals surface area contributed by atoms with Crippen molar-refractivity contribution in [3.05, 3.63) is 23.3 Å². The second-order valence-corrected chi connectivity index (χ2v) is 12.1. The predicted molar refractivity (Wildman–Crippen MR) is 118 cm³/mol. The molecule has 4 rings (SSSR count). The van der Waals surface area contributed by atoms with Crippen LogP contribution in [-0.4, -0.2) is 11.6 Å². The molecular formula is C27H40O2. The molecule has 4 aliphatic carbocycles. The molecule has 0 saturated heterocycles. The third-order valence-corrected chi connectivity index (χ3v) is 10.3. The normalized spacial score (nSPS) is 44.2. The van der Waals surface area contributed by atoms with Gasteiger partial charge in [0.15, 0.2) is 0 Å². The van der Waals surface area contributed by atoms with Gasteiger partial charge in [-0.25, -0.2) is 0 Å². The van der Waals surface area contributed by atoms with E-state index >= 15 is 0 Å². The van der Waals surface area contributed by atoms with Gasteiger partial charge < -0.3 is 4.79 Å². The lowest BCUT2D eigenvalue weighted by molar-refractivity contribution is -0.143. The van der Waals surface area contributed by atoms with Gasteiger partial charge in [0, 0.05) is 23.7 Å². The number of carbonyl (C=O) groups is 2. The Labute approximate surface area is 177 Å². The number of Topliss-reactive ketones (excluding diaryl/α,β-unsaturated/α-hetero) is 2. The van der Waals surface area contributed by atoms with Crippen molar-refractivity contribution < 1.29 is 9.59 Å². The molecule has 160 valence electrons. The molecule has 0 aromatic carbocycles. The Morgan fingerprint density at radius 2 is 1.76 bits per heavy atom. The van der Waals surface area contributed by atoms with Crippen LogP contribution in [0.25, 0.3) is 0 Å². The quantitative estimate of drug-likeness (QED) is 0.498. The SMILES string of the molecule is CC(=O)C[C@@H](C)[C@]1(C)CC[C@@]2(C)C3=CC[C@@H]4C(C)(C)C(=O)CC[C@]4(C)[C@@H]3CC=C21. The summed E-state index contributed by atoms with van der Waals surface area (Å²) in [5, 5.41) is 0. The highest BCUT2D eigenvalue weighted by Crippen LogP contribution is 2.69. The van der Waals surface area contributed by atoms with Crippen LogP contribution in [0.15, 0.2) is 23.3 Å². The van der Waals surface area contributed by atoms with Gasteiger partial charge in [0.1, 0.15) is 11.6 Å². The number of allylic oxidation sites excluding steroid dienone is 4. The Hall–Kier alpha value is -1.18. The van der Waals surface area contributed by atoms with Crippen molar-refractivity contribution in [2.24, 2.45) is 39.4 Å². The summed E-state index contributed by atoms with van der Waals surface area (Å²) < 4.78 is 0. The van der Waals surface area contributed by atoms with Crippen molar-refractivity contribution in [2.45, 2.75) is 93.4 Å². The van der Waals surface area contributed by atoms with E-state index in [1.807, 2.05) is 0 Å². The van der Waals surface area contributed by atoms with Gasteiger partial charge in [0.05, 0.1) is 0 Å². The van der Waals surface area contributed by atoms with Gasteiger partial charge in [-0.05, 0) is 67.6 Å². The van der Waals surface area contributed by atoms with E-state index in [-0.39, 0.29) is 21.7 Å². The molecule has 4 aliphatic rings. The summed E-state index contributed by atoms with van der Waals surface area (Å²) in [5.41, 5.74) is 3.55. The molecule has 0 aromatic heterocycles. The monoisotopic (exact) mass is 396 g/mol. The highest BCUT2D eigenvalue weighted by molar-refractivity contribution is 5.85. The zero-order chi connectivity index (χ0) is 21.4. The molecule has 0 radical (unpaired) electrons. The van der Waals surface area contributed by atoms with E-state index in [1.165, 1.54) is 12.8 Å². The van der Waals surface area contributed by atoms with Gasteiger partial charge >= 0.3 is 0 Å². The first-order valence-electron chi connectivity index (χ1n) is 11.8. The first-order chi connectivity index (χ1) is 13.4. The number of ketones is 2. The molecule has 0 aliphatic heterocycles. The maximum Gasteiger partial charge on any atom is 0.138 e.